The summed E-state index contributed by atoms with van der Waals surface area (Å²) in [6.45, 7) is 6.92. The number of fused-ring (bicyclic) bond motifs is 7. The third-order valence-corrected chi connectivity index (χ3v) is 7.32. The Kier molecular flexibility index (Phi) is 3.66. The Morgan fingerprint density at radius 1 is 0.667 bits per heavy atom. The zero-order chi connectivity index (χ0) is 20.5. The Bertz CT molecular complexity index is 1560. The molecule has 0 amide bonds. The van der Waals surface area contributed by atoms with Crippen LogP contribution in [0.4, 0.5) is 0 Å². The molecule has 0 atom stereocenters. The average molecular weight is 406 g/mol. The van der Waals surface area contributed by atoms with Crippen molar-refractivity contribution in [1.29, 1.82) is 0 Å². The number of aromatic nitrogens is 1. The Labute approximate surface area is 180 Å². The SMILES string of the molecule is CC(C)(C)c1cccc2c1sc1ccc3c4ccccc4n(-c4ccccc4)c3c12. The molecule has 2 heterocycles. The lowest BCUT2D eigenvalue weighted by atomic mass is 9.86. The van der Waals surface area contributed by atoms with Gasteiger partial charge in [-0.05, 0) is 35.2 Å². The zero-order valence-electron chi connectivity index (χ0n) is 17.4. The molecular formula is C28H23NS. The monoisotopic (exact) mass is 405 g/mol. The van der Waals surface area contributed by atoms with Gasteiger partial charge in [0, 0.05) is 36.6 Å². The van der Waals surface area contributed by atoms with Gasteiger partial charge in [0.1, 0.15) is 0 Å². The number of nitrogens with zero attached hydrogens (tertiary/aromatic N) is 1. The maximum atomic E-state index is 2.45. The molecule has 6 aromatic rings. The van der Waals surface area contributed by atoms with Crippen LogP contribution in [0.2, 0.25) is 0 Å². The van der Waals surface area contributed by atoms with E-state index >= 15 is 0 Å². The van der Waals surface area contributed by atoms with Gasteiger partial charge in [-0.2, -0.15) is 0 Å². The van der Waals surface area contributed by atoms with Gasteiger partial charge in [-0.15, -0.1) is 11.3 Å². The average Bonchev–Trinajstić information content (AvgIpc) is 3.29. The minimum Gasteiger partial charge on any atom is -0.309 e. The summed E-state index contributed by atoms with van der Waals surface area (Å²) in [6.07, 6.45) is 0. The van der Waals surface area contributed by atoms with Gasteiger partial charge >= 0.3 is 0 Å². The van der Waals surface area contributed by atoms with E-state index < -0.39 is 0 Å². The van der Waals surface area contributed by atoms with Gasteiger partial charge in [0.25, 0.3) is 0 Å². The van der Waals surface area contributed by atoms with Crippen molar-refractivity contribution in [3.63, 3.8) is 0 Å². The highest BCUT2D eigenvalue weighted by atomic mass is 32.1. The molecule has 0 saturated heterocycles. The lowest BCUT2D eigenvalue weighted by Crippen LogP contribution is -2.10. The summed E-state index contributed by atoms with van der Waals surface area (Å²) in [4.78, 5) is 0. The topological polar surface area (TPSA) is 4.93 Å². The van der Waals surface area contributed by atoms with E-state index in [0.717, 1.165) is 0 Å². The first-order valence-electron chi connectivity index (χ1n) is 10.5. The second kappa shape index (κ2) is 6.20. The summed E-state index contributed by atoms with van der Waals surface area (Å²) >= 11 is 1.93. The van der Waals surface area contributed by atoms with Crippen molar-refractivity contribution in [2.45, 2.75) is 26.2 Å². The van der Waals surface area contributed by atoms with E-state index in [0.29, 0.717) is 0 Å². The zero-order valence-corrected chi connectivity index (χ0v) is 18.3. The first-order chi connectivity index (χ1) is 14.5. The Morgan fingerprint density at radius 2 is 1.40 bits per heavy atom. The number of rotatable bonds is 1. The molecule has 30 heavy (non-hydrogen) atoms. The second-order valence-corrected chi connectivity index (χ2v) is 10.1. The number of benzene rings is 4. The predicted molar refractivity (Wildman–Crippen MR) is 132 cm³/mol. The molecule has 0 aliphatic heterocycles. The molecule has 0 N–H and O–H groups in total. The number of thiophene rings is 1. The molecular weight excluding hydrogens is 382 g/mol. The minimum atomic E-state index is 0.117. The second-order valence-electron chi connectivity index (χ2n) is 9.06. The molecule has 4 aromatic carbocycles. The predicted octanol–water partition coefficient (Wildman–Crippen LogP) is 8.45. The van der Waals surface area contributed by atoms with E-state index in [9.17, 15) is 0 Å². The third-order valence-electron chi connectivity index (χ3n) is 6.12. The quantitative estimate of drug-likeness (QED) is 0.258. The van der Waals surface area contributed by atoms with E-state index in [1.54, 1.807) is 0 Å². The van der Waals surface area contributed by atoms with E-state index in [1.807, 2.05) is 11.3 Å². The van der Waals surface area contributed by atoms with Gasteiger partial charge < -0.3 is 4.57 Å². The molecule has 0 saturated carbocycles. The van der Waals surface area contributed by atoms with Crippen molar-refractivity contribution in [3.8, 4) is 5.69 Å². The lowest BCUT2D eigenvalue weighted by Gasteiger charge is -2.19. The molecule has 0 fully saturated rings. The normalized spacial score (nSPS) is 12.5. The largest absolute Gasteiger partial charge is 0.309 e. The van der Waals surface area contributed by atoms with Crippen LogP contribution in [0.25, 0.3) is 47.7 Å². The summed E-state index contributed by atoms with van der Waals surface area (Å²) in [5, 5.41) is 5.37. The lowest BCUT2D eigenvalue weighted by molar-refractivity contribution is 0.597. The van der Waals surface area contributed by atoms with E-state index in [-0.39, 0.29) is 5.41 Å². The van der Waals surface area contributed by atoms with Crippen molar-refractivity contribution >= 4 is 53.3 Å². The molecule has 2 aromatic heterocycles. The van der Waals surface area contributed by atoms with E-state index in [1.165, 1.54) is 53.2 Å². The fourth-order valence-electron chi connectivity index (χ4n) is 4.77. The van der Waals surface area contributed by atoms with Gasteiger partial charge in [-0.3, -0.25) is 0 Å². The van der Waals surface area contributed by atoms with Crippen molar-refractivity contribution < 1.29 is 0 Å². The minimum absolute atomic E-state index is 0.117. The number of hydrogen-bond donors (Lipinski definition) is 0. The standard InChI is InChI=1S/C28H23NS/c1-28(2,3)22-14-9-13-21-25-24(30-27(21)22)17-16-20-19-12-7-8-15-23(19)29(26(20)25)18-10-5-4-6-11-18/h4-17H,1-3H3. The van der Waals surface area contributed by atoms with Gasteiger partial charge in [-0.25, -0.2) is 0 Å². The van der Waals surface area contributed by atoms with Crippen LogP contribution >= 0.6 is 11.3 Å². The molecule has 0 spiro atoms. The molecule has 0 bridgehead atoms. The first kappa shape index (κ1) is 17.7. The number of hydrogen-bond acceptors (Lipinski definition) is 1. The molecule has 0 aliphatic rings. The summed E-state index contributed by atoms with van der Waals surface area (Å²) in [5.74, 6) is 0. The summed E-state index contributed by atoms with van der Waals surface area (Å²) in [7, 11) is 0. The van der Waals surface area contributed by atoms with E-state index in [4.69, 9.17) is 0 Å². The van der Waals surface area contributed by atoms with Crippen molar-refractivity contribution in [1.82, 2.24) is 4.57 Å². The molecule has 146 valence electrons. The van der Waals surface area contributed by atoms with Crippen LogP contribution in [0.5, 0.6) is 0 Å². The van der Waals surface area contributed by atoms with Gasteiger partial charge in [-0.1, -0.05) is 81.4 Å². The maximum absolute atomic E-state index is 2.45. The van der Waals surface area contributed by atoms with Crippen LogP contribution in [0, 0.1) is 0 Å². The molecule has 6 rings (SSSR count). The molecule has 0 aliphatic carbocycles. The highest BCUT2D eigenvalue weighted by Gasteiger charge is 2.22. The summed E-state index contributed by atoms with van der Waals surface area (Å²) in [5.41, 5.74) is 5.33. The van der Waals surface area contributed by atoms with Crippen LogP contribution in [-0.2, 0) is 5.41 Å². The molecule has 1 nitrogen and oxygen atoms in total. The Balaban J connectivity index is 1.89. The highest BCUT2D eigenvalue weighted by molar-refractivity contribution is 7.26. The first-order valence-corrected chi connectivity index (χ1v) is 11.3. The molecule has 2 heteroatoms. The molecule has 0 unspecified atom stereocenters. The Hall–Kier alpha value is -3.10. The van der Waals surface area contributed by atoms with Crippen molar-refractivity contribution in [3.05, 3.63) is 90.5 Å². The van der Waals surface area contributed by atoms with Gasteiger partial charge in [0.2, 0.25) is 0 Å². The smallest absolute Gasteiger partial charge is 0.0634 e. The van der Waals surface area contributed by atoms with Crippen LogP contribution in [0.15, 0.2) is 84.9 Å². The van der Waals surface area contributed by atoms with Crippen LogP contribution in [-0.4, -0.2) is 4.57 Å². The van der Waals surface area contributed by atoms with E-state index in [2.05, 4.69) is 110 Å². The van der Waals surface area contributed by atoms with Crippen LogP contribution in [0.3, 0.4) is 0 Å². The third kappa shape index (κ3) is 2.41. The van der Waals surface area contributed by atoms with Crippen molar-refractivity contribution in [2.75, 3.05) is 0 Å². The van der Waals surface area contributed by atoms with Crippen molar-refractivity contribution in [2.24, 2.45) is 0 Å². The molecule has 0 radical (unpaired) electrons. The Morgan fingerprint density at radius 3 is 2.20 bits per heavy atom. The van der Waals surface area contributed by atoms with Crippen LogP contribution in [0.1, 0.15) is 26.3 Å². The fraction of sp³-hybridized carbons (Fsp3) is 0.143. The highest BCUT2D eigenvalue weighted by Crippen LogP contribution is 2.45. The van der Waals surface area contributed by atoms with Gasteiger partial charge in [0.15, 0.2) is 0 Å². The summed E-state index contributed by atoms with van der Waals surface area (Å²) < 4.78 is 5.22. The van der Waals surface area contributed by atoms with Gasteiger partial charge in [0.05, 0.1) is 11.0 Å². The number of para-hydroxylation sites is 2. The van der Waals surface area contributed by atoms with Crippen LogP contribution < -0.4 is 0 Å². The maximum Gasteiger partial charge on any atom is 0.0634 e. The summed E-state index contributed by atoms with van der Waals surface area (Å²) in [6, 6.07) is 31.0. The fourth-order valence-corrected chi connectivity index (χ4v) is 6.20.